The molecule has 1 aliphatic heterocycles. The highest BCUT2D eigenvalue weighted by Crippen LogP contribution is 2.29. The van der Waals surface area contributed by atoms with E-state index in [0.717, 1.165) is 68.8 Å². The highest BCUT2D eigenvalue weighted by atomic mass is 16.1. The molecule has 0 bridgehead atoms. The molecule has 0 spiro atoms. The Kier molecular flexibility index (Phi) is 6.33. The van der Waals surface area contributed by atoms with Gasteiger partial charge in [0.25, 0.3) is 0 Å². The van der Waals surface area contributed by atoms with Crippen LogP contribution in [0.25, 0.3) is 0 Å². The largest absolute Gasteiger partial charge is 0.382 e. The summed E-state index contributed by atoms with van der Waals surface area (Å²) in [4.78, 5) is 22.7. The normalized spacial score (nSPS) is 24.7. The van der Waals surface area contributed by atoms with E-state index >= 15 is 0 Å². The second-order valence-electron chi connectivity index (χ2n) is 8.34. The van der Waals surface area contributed by atoms with Crippen LogP contribution in [0.2, 0.25) is 0 Å². The smallest absolute Gasteiger partial charge is 0.225 e. The van der Waals surface area contributed by atoms with Crippen LogP contribution >= 0.6 is 0 Å². The van der Waals surface area contributed by atoms with E-state index in [1.807, 2.05) is 12.4 Å². The SMILES string of the molecule is CC(C)C1CCN(c2ncc(NC[C@H]3CC[C@H](C(N)=O)CC3)cn2)CC1. The van der Waals surface area contributed by atoms with Crippen LogP contribution < -0.4 is 16.0 Å². The van der Waals surface area contributed by atoms with Crippen LogP contribution in [0.1, 0.15) is 52.4 Å². The topological polar surface area (TPSA) is 84.1 Å². The molecule has 2 heterocycles. The van der Waals surface area contributed by atoms with Gasteiger partial charge in [-0.25, -0.2) is 9.97 Å². The van der Waals surface area contributed by atoms with Gasteiger partial charge < -0.3 is 16.0 Å². The van der Waals surface area contributed by atoms with Gasteiger partial charge in [-0.1, -0.05) is 13.8 Å². The number of nitrogens with zero attached hydrogens (tertiary/aromatic N) is 3. The van der Waals surface area contributed by atoms with Crippen molar-refractivity contribution in [3.05, 3.63) is 12.4 Å². The molecule has 1 aromatic heterocycles. The number of piperidine rings is 1. The molecule has 1 aromatic rings. The number of anilines is 2. The lowest BCUT2D eigenvalue weighted by atomic mass is 9.81. The summed E-state index contributed by atoms with van der Waals surface area (Å²) in [7, 11) is 0. The minimum Gasteiger partial charge on any atom is -0.382 e. The van der Waals surface area contributed by atoms with E-state index in [9.17, 15) is 4.79 Å². The molecule has 2 fully saturated rings. The van der Waals surface area contributed by atoms with E-state index in [4.69, 9.17) is 5.73 Å². The average Bonchev–Trinajstić information content (AvgIpc) is 2.67. The average molecular weight is 360 g/mol. The van der Waals surface area contributed by atoms with Crippen LogP contribution in [-0.2, 0) is 4.79 Å². The molecule has 3 N–H and O–H groups in total. The lowest BCUT2D eigenvalue weighted by Gasteiger charge is -2.33. The Morgan fingerprint density at radius 3 is 2.31 bits per heavy atom. The zero-order chi connectivity index (χ0) is 18.5. The molecule has 3 rings (SSSR count). The molecular formula is C20H33N5O. The summed E-state index contributed by atoms with van der Waals surface area (Å²) >= 11 is 0. The van der Waals surface area contributed by atoms with Crippen molar-refractivity contribution in [2.75, 3.05) is 29.9 Å². The van der Waals surface area contributed by atoms with Crippen molar-refractivity contribution in [2.24, 2.45) is 29.4 Å². The predicted octanol–water partition coefficient (Wildman–Crippen LogP) is 3.05. The van der Waals surface area contributed by atoms with Crippen LogP contribution in [-0.4, -0.2) is 35.5 Å². The van der Waals surface area contributed by atoms with Gasteiger partial charge in [0.1, 0.15) is 0 Å². The zero-order valence-electron chi connectivity index (χ0n) is 16.2. The number of carbonyl (C=O) groups excluding carboxylic acids is 1. The summed E-state index contributed by atoms with van der Waals surface area (Å²) in [5.74, 6) is 2.98. The molecule has 2 aliphatic rings. The number of nitrogens with two attached hydrogens (primary N) is 1. The molecule has 1 saturated heterocycles. The highest BCUT2D eigenvalue weighted by Gasteiger charge is 2.25. The van der Waals surface area contributed by atoms with E-state index in [2.05, 4.69) is 34.0 Å². The number of rotatable bonds is 6. The maximum absolute atomic E-state index is 11.2. The van der Waals surface area contributed by atoms with E-state index in [0.29, 0.717) is 5.92 Å². The first-order valence-electron chi connectivity index (χ1n) is 10.1. The van der Waals surface area contributed by atoms with E-state index in [1.165, 1.54) is 12.8 Å². The van der Waals surface area contributed by atoms with Gasteiger partial charge in [-0.3, -0.25) is 4.79 Å². The quantitative estimate of drug-likeness (QED) is 0.815. The molecule has 26 heavy (non-hydrogen) atoms. The Morgan fingerprint density at radius 2 is 1.77 bits per heavy atom. The molecule has 0 aromatic carbocycles. The predicted molar refractivity (Wildman–Crippen MR) is 105 cm³/mol. The van der Waals surface area contributed by atoms with Gasteiger partial charge in [0.15, 0.2) is 0 Å². The number of nitrogens with one attached hydrogen (secondary N) is 1. The zero-order valence-corrected chi connectivity index (χ0v) is 16.2. The van der Waals surface area contributed by atoms with Crippen molar-refractivity contribution >= 4 is 17.5 Å². The number of carbonyl (C=O) groups is 1. The number of amides is 1. The Morgan fingerprint density at radius 1 is 1.15 bits per heavy atom. The molecule has 0 radical (unpaired) electrons. The highest BCUT2D eigenvalue weighted by molar-refractivity contribution is 5.76. The lowest BCUT2D eigenvalue weighted by Crippen LogP contribution is -2.36. The monoisotopic (exact) mass is 359 g/mol. The van der Waals surface area contributed by atoms with Crippen LogP contribution in [0.5, 0.6) is 0 Å². The molecular weight excluding hydrogens is 326 g/mol. The Bertz CT molecular complexity index is 572. The number of hydrogen-bond donors (Lipinski definition) is 2. The number of primary amides is 1. The lowest BCUT2D eigenvalue weighted by molar-refractivity contribution is -0.122. The summed E-state index contributed by atoms with van der Waals surface area (Å²) in [6.45, 7) is 7.65. The first-order chi connectivity index (χ1) is 12.5. The number of hydrogen-bond acceptors (Lipinski definition) is 5. The third kappa shape index (κ3) is 4.86. The minimum absolute atomic E-state index is 0.0775. The molecule has 144 valence electrons. The molecule has 0 atom stereocenters. The molecule has 0 unspecified atom stereocenters. The summed E-state index contributed by atoms with van der Waals surface area (Å²) in [6.07, 6.45) is 10.2. The molecule has 1 amide bonds. The third-order valence-corrected chi connectivity index (χ3v) is 6.25. The van der Waals surface area contributed by atoms with Crippen molar-refractivity contribution in [3.8, 4) is 0 Å². The Labute approximate surface area is 157 Å². The van der Waals surface area contributed by atoms with Gasteiger partial charge in [-0.2, -0.15) is 0 Å². The first kappa shape index (κ1) is 18.9. The molecule has 1 aliphatic carbocycles. The summed E-state index contributed by atoms with van der Waals surface area (Å²) < 4.78 is 0. The molecule has 6 heteroatoms. The Balaban J connectivity index is 1.43. The van der Waals surface area contributed by atoms with Gasteiger partial charge in [0, 0.05) is 25.6 Å². The van der Waals surface area contributed by atoms with Gasteiger partial charge in [-0.05, 0) is 56.3 Å². The van der Waals surface area contributed by atoms with E-state index in [-0.39, 0.29) is 11.8 Å². The minimum atomic E-state index is -0.141. The maximum Gasteiger partial charge on any atom is 0.225 e. The van der Waals surface area contributed by atoms with Crippen molar-refractivity contribution < 1.29 is 4.79 Å². The second-order valence-corrected chi connectivity index (χ2v) is 8.34. The summed E-state index contributed by atoms with van der Waals surface area (Å²) in [5.41, 5.74) is 6.38. The van der Waals surface area contributed by atoms with Crippen LogP contribution in [0.3, 0.4) is 0 Å². The van der Waals surface area contributed by atoms with Crippen molar-refractivity contribution in [3.63, 3.8) is 0 Å². The van der Waals surface area contributed by atoms with Gasteiger partial charge in [0.2, 0.25) is 11.9 Å². The fourth-order valence-electron chi connectivity index (χ4n) is 4.26. The van der Waals surface area contributed by atoms with Gasteiger partial charge in [0.05, 0.1) is 18.1 Å². The van der Waals surface area contributed by atoms with Gasteiger partial charge in [-0.15, -0.1) is 0 Å². The molecule has 1 saturated carbocycles. The summed E-state index contributed by atoms with van der Waals surface area (Å²) in [6, 6.07) is 0. The van der Waals surface area contributed by atoms with E-state index < -0.39 is 0 Å². The third-order valence-electron chi connectivity index (χ3n) is 6.25. The fourth-order valence-corrected chi connectivity index (χ4v) is 4.26. The standard InChI is InChI=1S/C20H33N5O/c1-14(2)16-7-9-25(10-8-16)20-23-12-18(13-24-20)22-11-15-3-5-17(6-4-15)19(21)26/h12-17,22H,3-11H2,1-2H3,(H2,21,26)/t15-,17-. The van der Waals surface area contributed by atoms with Crippen LogP contribution in [0.15, 0.2) is 12.4 Å². The Hall–Kier alpha value is -1.85. The van der Waals surface area contributed by atoms with Gasteiger partial charge >= 0.3 is 0 Å². The fraction of sp³-hybridized carbons (Fsp3) is 0.750. The molecule has 6 nitrogen and oxygen atoms in total. The summed E-state index contributed by atoms with van der Waals surface area (Å²) in [5, 5.41) is 3.45. The maximum atomic E-state index is 11.2. The number of aromatic nitrogens is 2. The van der Waals surface area contributed by atoms with Crippen molar-refractivity contribution in [2.45, 2.75) is 52.4 Å². The van der Waals surface area contributed by atoms with Crippen LogP contribution in [0.4, 0.5) is 11.6 Å². The van der Waals surface area contributed by atoms with Crippen LogP contribution in [0, 0.1) is 23.7 Å². The van der Waals surface area contributed by atoms with E-state index in [1.54, 1.807) is 0 Å². The first-order valence-corrected chi connectivity index (χ1v) is 10.1. The van der Waals surface area contributed by atoms with Crippen molar-refractivity contribution in [1.29, 1.82) is 0 Å². The van der Waals surface area contributed by atoms with Crippen molar-refractivity contribution in [1.82, 2.24) is 9.97 Å². The second kappa shape index (κ2) is 8.69.